The fourth-order valence-corrected chi connectivity index (χ4v) is 4.33. The molecule has 6 rings (SSSR count). The van der Waals surface area contributed by atoms with Crippen LogP contribution in [0.2, 0.25) is 0 Å². The zero-order valence-electron chi connectivity index (χ0n) is 17.2. The summed E-state index contributed by atoms with van der Waals surface area (Å²) in [7, 11) is 0. The van der Waals surface area contributed by atoms with Gasteiger partial charge in [-0.25, -0.2) is 4.98 Å². The number of nitrogens with zero attached hydrogens (tertiary/aromatic N) is 3. The zero-order valence-corrected chi connectivity index (χ0v) is 17.2. The number of aromatic amines is 2. The van der Waals surface area contributed by atoms with Crippen LogP contribution in [0.5, 0.6) is 0 Å². The number of hydrogen-bond donors (Lipinski definition) is 3. The highest BCUT2D eigenvalue weighted by molar-refractivity contribution is 5.97. The molecule has 0 aliphatic rings. The van der Waals surface area contributed by atoms with Gasteiger partial charge in [0, 0.05) is 41.1 Å². The molecule has 0 aliphatic carbocycles. The quantitative estimate of drug-likeness (QED) is 0.402. The monoisotopic (exact) mass is 420 g/mol. The number of aromatic nitrogens is 5. The second kappa shape index (κ2) is 7.18. The first-order valence-electron chi connectivity index (χ1n) is 10.4. The molecule has 0 aliphatic heterocycles. The molecule has 0 atom stereocenters. The van der Waals surface area contributed by atoms with Crippen molar-refractivity contribution in [2.45, 2.75) is 13.1 Å². The van der Waals surface area contributed by atoms with Crippen molar-refractivity contribution in [3.05, 3.63) is 94.5 Å². The van der Waals surface area contributed by atoms with E-state index in [2.05, 4.69) is 37.9 Å². The van der Waals surface area contributed by atoms with E-state index in [4.69, 9.17) is 10.7 Å². The Kier molecular flexibility index (Phi) is 4.16. The van der Waals surface area contributed by atoms with Crippen LogP contribution in [0.25, 0.3) is 44.1 Å². The summed E-state index contributed by atoms with van der Waals surface area (Å²) in [5.41, 5.74) is 12.4. The van der Waals surface area contributed by atoms with Gasteiger partial charge in [-0.15, -0.1) is 0 Å². The number of para-hydroxylation sites is 1. The molecule has 3 aromatic heterocycles. The van der Waals surface area contributed by atoms with Gasteiger partial charge in [0.05, 0.1) is 22.7 Å². The van der Waals surface area contributed by atoms with E-state index in [0.717, 1.165) is 38.5 Å². The summed E-state index contributed by atoms with van der Waals surface area (Å²) >= 11 is 0. The maximum atomic E-state index is 13.0. The Balaban J connectivity index is 1.53. The normalized spacial score (nSPS) is 11.7. The van der Waals surface area contributed by atoms with Crippen molar-refractivity contribution in [3.63, 3.8) is 0 Å². The van der Waals surface area contributed by atoms with E-state index in [9.17, 15) is 4.79 Å². The lowest BCUT2D eigenvalue weighted by molar-refractivity contribution is 0.834. The van der Waals surface area contributed by atoms with E-state index >= 15 is 0 Å². The van der Waals surface area contributed by atoms with Crippen LogP contribution in [0.15, 0.2) is 77.9 Å². The Morgan fingerprint density at radius 2 is 1.84 bits per heavy atom. The molecule has 6 aromatic rings. The van der Waals surface area contributed by atoms with Gasteiger partial charge in [0.1, 0.15) is 5.69 Å². The van der Waals surface area contributed by atoms with Crippen LogP contribution in [0.3, 0.4) is 0 Å². The van der Waals surface area contributed by atoms with Gasteiger partial charge >= 0.3 is 0 Å². The van der Waals surface area contributed by atoms with Crippen LogP contribution in [-0.2, 0) is 13.1 Å². The van der Waals surface area contributed by atoms with Crippen molar-refractivity contribution in [3.8, 4) is 11.3 Å². The van der Waals surface area contributed by atoms with Crippen molar-refractivity contribution in [1.29, 1.82) is 0 Å². The topological polar surface area (TPSA) is 105 Å². The highest BCUT2D eigenvalue weighted by atomic mass is 16.1. The molecular formula is C25H20N6O. The lowest BCUT2D eigenvalue weighted by Crippen LogP contribution is -2.11. The van der Waals surface area contributed by atoms with Crippen molar-refractivity contribution in [2.75, 3.05) is 0 Å². The van der Waals surface area contributed by atoms with Gasteiger partial charge in [-0.3, -0.25) is 9.89 Å². The molecular weight excluding hydrogens is 400 g/mol. The highest BCUT2D eigenvalue weighted by Crippen LogP contribution is 2.29. The minimum Gasteiger partial charge on any atom is -0.342 e. The third kappa shape index (κ3) is 2.99. The maximum absolute atomic E-state index is 13.0. The van der Waals surface area contributed by atoms with Crippen molar-refractivity contribution in [2.24, 2.45) is 5.73 Å². The number of nitrogens with one attached hydrogen (secondary N) is 2. The SMILES string of the molecule is NCc1cccc(Cn2cc(-c3nc4cc5[nH]ncc5cc4[nH]c3=O)c3ccccc32)c1. The molecule has 3 heterocycles. The minimum atomic E-state index is -0.214. The molecule has 0 spiro atoms. The largest absolute Gasteiger partial charge is 0.342 e. The first-order chi connectivity index (χ1) is 15.7. The molecule has 0 fully saturated rings. The molecule has 0 saturated carbocycles. The van der Waals surface area contributed by atoms with E-state index in [0.29, 0.717) is 29.8 Å². The second-order valence-electron chi connectivity index (χ2n) is 7.95. The molecule has 7 heteroatoms. The molecule has 4 N–H and O–H groups in total. The van der Waals surface area contributed by atoms with E-state index < -0.39 is 0 Å². The van der Waals surface area contributed by atoms with E-state index in [1.807, 2.05) is 48.7 Å². The molecule has 156 valence electrons. The Bertz CT molecular complexity index is 1670. The fraction of sp³-hybridized carbons (Fsp3) is 0.0800. The summed E-state index contributed by atoms with van der Waals surface area (Å²) in [5, 5.41) is 8.95. The van der Waals surface area contributed by atoms with E-state index in [1.54, 1.807) is 6.20 Å². The summed E-state index contributed by atoms with van der Waals surface area (Å²) in [5.74, 6) is 0. The van der Waals surface area contributed by atoms with Crippen LogP contribution in [0, 0.1) is 0 Å². The second-order valence-corrected chi connectivity index (χ2v) is 7.95. The predicted octanol–water partition coefficient (Wildman–Crippen LogP) is 3.93. The first-order valence-corrected chi connectivity index (χ1v) is 10.4. The fourth-order valence-electron chi connectivity index (χ4n) is 4.33. The van der Waals surface area contributed by atoms with Gasteiger partial charge in [0.25, 0.3) is 5.56 Å². The van der Waals surface area contributed by atoms with Gasteiger partial charge in [-0.2, -0.15) is 5.10 Å². The number of H-pyrrole nitrogens is 2. The molecule has 0 radical (unpaired) electrons. The van der Waals surface area contributed by atoms with Crippen LogP contribution in [0.1, 0.15) is 11.1 Å². The van der Waals surface area contributed by atoms with Gasteiger partial charge < -0.3 is 15.3 Å². The third-order valence-corrected chi connectivity index (χ3v) is 5.88. The Labute approximate surface area is 182 Å². The first kappa shape index (κ1) is 18.5. The van der Waals surface area contributed by atoms with Crippen LogP contribution in [-0.4, -0.2) is 24.7 Å². The number of hydrogen-bond acceptors (Lipinski definition) is 4. The lowest BCUT2D eigenvalue weighted by atomic mass is 10.1. The van der Waals surface area contributed by atoms with Crippen LogP contribution < -0.4 is 11.3 Å². The number of rotatable bonds is 4. The van der Waals surface area contributed by atoms with Crippen molar-refractivity contribution in [1.82, 2.24) is 24.7 Å². The zero-order chi connectivity index (χ0) is 21.7. The average molecular weight is 420 g/mol. The predicted molar refractivity (Wildman–Crippen MR) is 126 cm³/mol. The molecule has 0 saturated heterocycles. The minimum absolute atomic E-state index is 0.214. The number of fused-ring (bicyclic) bond motifs is 3. The number of nitrogens with two attached hydrogens (primary N) is 1. The third-order valence-electron chi connectivity index (χ3n) is 5.88. The van der Waals surface area contributed by atoms with Gasteiger partial charge in [0.15, 0.2) is 0 Å². The molecule has 3 aromatic carbocycles. The summed E-state index contributed by atoms with van der Waals surface area (Å²) in [4.78, 5) is 20.8. The Morgan fingerprint density at radius 3 is 2.75 bits per heavy atom. The summed E-state index contributed by atoms with van der Waals surface area (Å²) in [6.07, 6.45) is 3.74. The van der Waals surface area contributed by atoms with Crippen molar-refractivity contribution < 1.29 is 0 Å². The Hall–Kier alpha value is -4.23. The summed E-state index contributed by atoms with van der Waals surface area (Å²) < 4.78 is 2.16. The molecule has 0 amide bonds. The van der Waals surface area contributed by atoms with Gasteiger partial charge in [-0.05, 0) is 29.3 Å². The van der Waals surface area contributed by atoms with E-state index in [1.165, 1.54) is 0 Å². The molecule has 7 nitrogen and oxygen atoms in total. The van der Waals surface area contributed by atoms with Gasteiger partial charge in [0.2, 0.25) is 0 Å². The highest BCUT2D eigenvalue weighted by Gasteiger charge is 2.16. The number of benzene rings is 3. The lowest BCUT2D eigenvalue weighted by Gasteiger charge is -2.07. The molecule has 0 unspecified atom stereocenters. The summed E-state index contributed by atoms with van der Waals surface area (Å²) in [6.45, 7) is 1.18. The van der Waals surface area contributed by atoms with Gasteiger partial charge in [-0.1, -0.05) is 42.5 Å². The standard InChI is InChI=1S/C25H20N6O/c26-11-15-4-3-5-16(8-15)13-31-14-19(18-6-1-2-7-23(18)31)24-25(32)29-21-9-17-12-27-30-20(17)10-22(21)28-24/h1-10,12,14H,11,13,26H2,(H,27,30)(H,29,32). The van der Waals surface area contributed by atoms with Crippen LogP contribution >= 0.6 is 0 Å². The molecule has 0 bridgehead atoms. The smallest absolute Gasteiger partial charge is 0.275 e. The van der Waals surface area contributed by atoms with Crippen LogP contribution in [0.4, 0.5) is 0 Å². The Morgan fingerprint density at radius 1 is 0.969 bits per heavy atom. The van der Waals surface area contributed by atoms with E-state index in [-0.39, 0.29) is 5.56 Å². The molecule has 32 heavy (non-hydrogen) atoms. The van der Waals surface area contributed by atoms with Crippen molar-refractivity contribution >= 4 is 32.8 Å². The summed E-state index contributed by atoms with van der Waals surface area (Å²) in [6, 6.07) is 20.1. The maximum Gasteiger partial charge on any atom is 0.275 e. The average Bonchev–Trinajstić information content (AvgIpc) is 3.42.